The molecule has 1 amide bonds. The number of aliphatic hydroxyl groups excluding tert-OH is 1. The first-order chi connectivity index (χ1) is 9.13. The van der Waals surface area contributed by atoms with Crippen molar-refractivity contribution >= 4 is 29.1 Å². The molecule has 1 aliphatic rings. The zero-order valence-electron chi connectivity index (χ0n) is 10.5. The number of carbonyl (C=O) groups is 1. The van der Waals surface area contributed by atoms with E-state index in [1.165, 1.54) is 6.20 Å². The fraction of sp³-hybridized carbons (Fsp3) is 0.538. The summed E-state index contributed by atoms with van der Waals surface area (Å²) >= 11 is 11.6. The number of amides is 1. The van der Waals surface area contributed by atoms with Gasteiger partial charge in [0.05, 0.1) is 10.6 Å². The monoisotopic (exact) mass is 302 g/mol. The predicted molar refractivity (Wildman–Crippen MR) is 74.6 cm³/mol. The van der Waals surface area contributed by atoms with E-state index in [0.717, 1.165) is 19.3 Å². The molecule has 104 valence electrons. The van der Waals surface area contributed by atoms with E-state index in [4.69, 9.17) is 28.3 Å². The second-order valence-corrected chi connectivity index (χ2v) is 5.42. The molecular formula is C13H16Cl2N2O2. The van der Waals surface area contributed by atoms with Crippen LogP contribution in [0.1, 0.15) is 36.0 Å². The Labute approximate surface area is 122 Å². The maximum Gasteiger partial charge on any atom is 0.255 e. The van der Waals surface area contributed by atoms with Gasteiger partial charge in [-0.3, -0.25) is 4.79 Å². The first kappa shape index (κ1) is 14.6. The molecule has 1 fully saturated rings. The van der Waals surface area contributed by atoms with E-state index in [9.17, 15) is 4.79 Å². The number of rotatable bonds is 5. The lowest BCUT2D eigenvalue weighted by molar-refractivity contribution is 0.0562. The van der Waals surface area contributed by atoms with Crippen LogP contribution in [0.4, 0.5) is 0 Å². The molecule has 6 heteroatoms. The molecule has 0 unspecified atom stereocenters. The molecule has 0 spiro atoms. The Kier molecular flexibility index (Phi) is 5.02. The van der Waals surface area contributed by atoms with Gasteiger partial charge in [-0.05, 0) is 31.7 Å². The summed E-state index contributed by atoms with van der Waals surface area (Å²) in [7, 11) is 0. The van der Waals surface area contributed by atoms with Gasteiger partial charge in [0, 0.05) is 25.4 Å². The lowest BCUT2D eigenvalue weighted by Crippen LogP contribution is -2.45. The van der Waals surface area contributed by atoms with Gasteiger partial charge in [-0.15, -0.1) is 0 Å². The number of aromatic nitrogens is 1. The van der Waals surface area contributed by atoms with Gasteiger partial charge in [-0.1, -0.05) is 23.2 Å². The van der Waals surface area contributed by atoms with Crippen molar-refractivity contribution in [2.45, 2.75) is 31.7 Å². The molecule has 0 saturated heterocycles. The molecule has 0 atom stereocenters. The number of halogens is 2. The Hall–Kier alpha value is -0.840. The molecule has 0 aliphatic heterocycles. The number of pyridine rings is 1. The largest absolute Gasteiger partial charge is 0.396 e. The number of nitrogens with zero attached hydrogens (tertiary/aromatic N) is 2. The molecule has 19 heavy (non-hydrogen) atoms. The van der Waals surface area contributed by atoms with Gasteiger partial charge in [0.2, 0.25) is 0 Å². The van der Waals surface area contributed by atoms with Crippen LogP contribution in [0.2, 0.25) is 10.2 Å². The van der Waals surface area contributed by atoms with Crippen LogP contribution in [-0.2, 0) is 0 Å². The van der Waals surface area contributed by atoms with E-state index >= 15 is 0 Å². The van der Waals surface area contributed by atoms with E-state index in [-0.39, 0.29) is 28.7 Å². The number of aliphatic hydroxyl groups is 1. The number of carbonyl (C=O) groups excluding carboxylic acids is 1. The Balaban J connectivity index is 2.15. The molecule has 1 saturated carbocycles. The first-order valence-corrected chi connectivity index (χ1v) is 7.12. The van der Waals surface area contributed by atoms with Crippen molar-refractivity contribution in [3.05, 3.63) is 28.0 Å². The molecule has 0 aromatic carbocycles. The smallest absolute Gasteiger partial charge is 0.255 e. The molecule has 0 bridgehead atoms. The fourth-order valence-electron chi connectivity index (χ4n) is 2.09. The van der Waals surface area contributed by atoms with E-state index in [1.807, 2.05) is 0 Å². The summed E-state index contributed by atoms with van der Waals surface area (Å²) in [6.45, 7) is 0.635. The lowest BCUT2D eigenvalue weighted by Gasteiger charge is -2.37. The molecule has 1 heterocycles. The summed E-state index contributed by atoms with van der Waals surface area (Å²) < 4.78 is 0. The van der Waals surface area contributed by atoms with Crippen LogP contribution in [-0.4, -0.2) is 40.1 Å². The zero-order valence-corrected chi connectivity index (χ0v) is 12.0. The molecule has 1 N–H and O–H groups in total. The average Bonchev–Trinajstić information content (AvgIpc) is 2.34. The van der Waals surface area contributed by atoms with Crippen LogP contribution in [0, 0.1) is 0 Å². The van der Waals surface area contributed by atoms with Crippen molar-refractivity contribution in [1.29, 1.82) is 0 Å². The van der Waals surface area contributed by atoms with Gasteiger partial charge >= 0.3 is 0 Å². The van der Waals surface area contributed by atoms with Gasteiger partial charge in [-0.2, -0.15) is 0 Å². The van der Waals surface area contributed by atoms with Crippen LogP contribution in [0.15, 0.2) is 12.3 Å². The summed E-state index contributed by atoms with van der Waals surface area (Å²) in [5.74, 6) is -0.0933. The SMILES string of the molecule is O=C(c1cnc(Cl)c(Cl)c1)N(CCCO)C1CCC1. The van der Waals surface area contributed by atoms with Gasteiger partial charge < -0.3 is 10.0 Å². The van der Waals surface area contributed by atoms with E-state index in [1.54, 1.807) is 11.0 Å². The maximum absolute atomic E-state index is 12.5. The second kappa shape index (κ2) is 6.55. The van der Waals surface area contributed by atoms with E-state index in [2.05, 4.69) is 4.98 Å². The van der Waals surface area contributed by atoms with Crippen molar-refractivity contribution in [3.8, 4) is 0 Å². The second-order valence-electron chi connectivity index (χ2n) is 4.66. The third-order valence-electron chi connectivity index (χ3n) is 3.38. The summed E-state index contributed by atoms with van der Waals surface area (Å²) in [6, 6.07) is 1.82. The molecule has 1 aliphatic carbocycles. The summed E-state index contributed by atoms with van der Waals surface area (Å²) in [4.78, 5) is 18.2. The third-order valence-corrected chi connectivity index (χ3v) is 4.06. The highest BCUT2D eigenvalue weighted by atomic mass is 35.5. The van der Waals surface area contributed by atoms with Crippen LogP contribution in [0.5, 0.6) is 0 Å². The highest BCUT2D eigenvalue weighted by molar-refractivity contribution is 6.41. The minimum atomic E-state index is -0.0933. The Morgan fingerprint density at radius 1 is 1.47 bits per heavy atom. The maximum atomic E-state index is 12.5. The molecule has 1 aromatic heterocycles. The Bertz CT molecular complexity index is 464. The third kappa shape index (κ3) is 3.38. The number of hydrogen-bond acceptors (Lipinski definition) is 3. The highest BCUT2D eigenvalue weighted by Crippen LogP contribution is 2.27. The van der Waals surface area contributed by atoms with Gasteiger partial charge in [-0.25, -0.2) is 4.98 Å². The average molecular weight is 303 g/mol. The molecule has 4 nitrogen and oxygen atoms in total. The van der Waals surface area contributed by atoms with Crippen molar-refractivity contribution in [2.75, 3.05) is 13.2 Å². The van der Waals surface area contributed by atoms with Crippen molar-refractivity contribution < 1.29 is 9.90 Å². The molecule has 0 radical (unpaired) electrons. The standard InChI is InChI=1S/C13H16Cl2N2O2/c14-11-7-9(8-16-12(11)15)13(19)17(5-2-6-18)10-3-1-4-10/h7-8,10,18H,1-6H2. The minimum absolute atomic E-state index is 0.0795. The van der Waals surface area contributed by atoms with Crippen molar-refractivity contribution in [2.24, 2.45) is 0 Å². The van der Waals surface area contributed by atoms with Crippen LogP contribution < -0.4 is 0 Å². The van der Waals surface area contributed by atoms with Crippen LogP contribution in [0.3, 0.4) is 0 Å². The quantitative estimate of drug-likeness (QED) is 0.851. The summed E-state index contributed by atoms with van der Waals surface area (Å²) in [5, 5.41) is 9.41. The molecular weight excluding hydrogens is 287 g/mol. The van der Waals surface area contributed by atoms with Gasteiger partial charge in [0.15, 0.2) is 0 Å². The van der Waals surface area contributed by atoms with E-state index < -0.39 is 0 Å². The van der Waals surface area contributed by atoms with Gasteiger partial charge in [0.25, 0.3) is 5.91 Å². The fourth-order valence-corrected chi connectivity index (χ4v) is 2.36. The van der Waals surface area contributed by atoms with Crippen molar-refractivity contribution in [1.82, 2.24) is 9.88 Å². The Morgan fingerprint density at radius 3 is 2.74 bits per heavy atom. The zero-order chi connectivity index (χ0) is 13.8. The van der Waals surface area contributed by atoms with E-state index in [0.29, 0.717) is 18.5 Å². The molecule has 2 rings (SSSR count). The predicted octanol–water partition coefficient (Wildman–Crippen LogP) is 2.77. The molecule has 1 aromatic rings. The lowest BCUT2D eigenvalue weighted by atomic mass is 9.91. The first-order valence-electron chi connectivity index (χ1n) is 6.36. The van der Waals surface area contributed by atoms with Crippen molar-refractivity contribution in [3.63, 3.8) is 0 Å². The van der Waals surface area contributed by atoms with Crippen LogP contribution >= 0.6 is 23.2 Å². The normalized spacial score (nSPS) is 15.1. The topological polar surface area (TPSA) is 53.4 Å². The summed E-state index contributed by atoms with van der Waals surface area (Å²) in [5.41, 5.74) is 0.444. The Morgan fingerprint density at radius 2 is 2.21 bits per heavy atom. The highest BCUT2D eigenvalue weighted by Gasteiger charge is 2.29. The number of hydrogen-bond donors (Lipinski definition) is 1. The summed E-state index contributed by atoms with van der Waals surface area (Å²) in [6.07, 6.45) is 5.21. The van der Waals surface area contributed by atoms with Gasteiger partial charge in [0.1, 0.15) is 5.15 Å². The van der Waals surface area contributed by atoms with Crippen LogP contribution in [0.25, 0.3) is 0 Å². The minimum Gasteiger partial charge on any atom is -0.396 e.